The molecule has 0 unspecified atom stereocenters. The zero-order valence-electron chi connectivity index (χ0n) is 19.6. The minimum atomic E-state index is -0.267. The molecule has 0 bridgehead atoms. The summed E-state index contributed by atoms with van der Waals surface area (Å²) in [6.45, 7) is 5.70. The van der Waals surface area contributed by atoms with Crippen LogP contribution >= 0.6 is 11.8 Å². The molecular weight excluding hydrogens is 440 g/mol. The van der Waals surface area contributed by atoms with Crippen LogP contribution < -0.4 is 10.6 Å². The molecule has 1 saturated heterocycles. The smallest absolute Gasteiger partial charge is 0.281 e. The van der Waals surface area contributed by atoms with Crippen molar-refractivity contribution in [3.63, 3.8) is 0 Å². The SMILES string of the molecule is CCN1CCC(c2ccc(Nc3nc(-c4ccccc4SC)cc4c3C(=O)[N]C=C4)cc2)CC1. The molecule has 34 heavy (non-hydrogen) atoms. The number of likely N-dealkylation sites (tertiary alicyclic amines) is 1. The number of hydrogen-bond acceptors (Lipinski definition) is 5. The molecule has 3 heterocycles. The van der Waals surface area contributed by atoms with Crippen molar-refractivity contribution >= 4 is 35.3 Å². The largest absolute Gasteiger partial charge is 0.340 e. The van der Waals surface area contributed by atoms with Gasteiger partial charge in [-0.1, -0.05) is 37.3 Å². The third-order valence-electron chi connectivity index (χ3n) is 6.77. The monoisotopic (exact) mass is 469 g/mol. The van der Waals surface area contributed by atoms with Crippen molar-refractivity contribution in [2.75, 3.05) is 31.2 Å². The van der Waals surface area contributed by atoms with Crippen LogP contribution in [0.1, 0.15) is 47.2 Å². The number of amides is 1. The van der Waals surface area contributed by atoms with Gasteiger partial charge in [0.2, 0.25) is 0 Å². The second kappa shape index (κ2) is 10.0. The summed E-state index contributed by atoms with van der Waals surface area (Å²) in [4.78, 5) is 21.2. The van der Waals surface area contributed by atoms with E-state index in [1.165, 1.54) is 31.5 Å². The van der Waals surface area contributed by atoms with Crippen molar-refractivity contribution < 1.29 is 4.79 Å². The zero-order valence-corrected chi connectivity index (χ0v) is 20.4. The van der Waals surface area contributed by atoms with Crippen LogP contribution in [0, 0.1) is 0 Å². The highest BCUT2D eigenvalue weighted by Crippen LogP contribution is 2.35. The fraction of sp³-hybridized carbons (Fsp3) is 0.286. The maximum Gasteiger partial charge on any atom is 0.281 e. The summed E-state index contributed by atoms with van der Waals surface area (Å²) < 4.78 is 0. The fourth-order valence-corrected chi connectivity index (χ4v) is 5.42. The van der Waals surface area contributed by atoms with E-state index in [2.05, 4.69) is 65.1 Å². The van der Waals surface area contributed by atoms with Crippen molar-refractivity contribution in [1.82, 2.24) is 15.2 Å². The van der Waals surface area contributed by atoms with Gasteiger partial charge >= 0.3 is 0 Å². The Labute approximate surface area is 205 Å². The molecule has 0 saturated carbocycles. The average molecular weight is 470 g/mol. The molecule has 1 aromatic heterocycles. The van der Waals surface area contributed by atoms with E-state index < -0.39 is 0 Å². The van der Waals surface area contributed by atoms with Gasteiger partial charge < -0.3 is 10.2 Å². The van der Waals surface area contributed by atoms with E-state index in [4.69, 9.17) is 4.98 Å². The second-order valence-corrected chi connectivity index (χ2v) is 9.57. The number of nitrogens with one attached hydrogen (secondary N) is 1. The van der Waals surface area contributed by atoms with Crippen LogP contribution in [0.3, 0.4) is 0 Å². The summed E-state index contributed by atoms with van der Waals surface area (Å²) in [5, 5.41) is 7.41. The number of benzene rings is 2. The Morgan fingerprint density at radius 1 is 1.09 bits per heavy atom. The lowest BCUT2D eigenvalue weighted by molar-refractivity contribution is 0.0965. The molecule has 0 spiro atoms. The molecule has 1 N–H and O–H groups in total. The summed E-state index contributed by atoms with van der Waals surface area (Å²) in [5.41, 5.74) is 5.55. The van der Waals surface area contributed by atoms with Gasteiger partial charge in [-0.15, -0.1) is 11.8 Å². The first-order valence-corrected chi connectivity index (χ1v) is 13.1. The number of rotatable bonds is 6. The summed E-state index contributed by atoms with van der Waals surface area (Å²) in [5.74, 6) is 0.890. The summed E-state index contributed by atoms with van der Waals surface area (Å²) in [6, 6.07) is 18.8. The lowest BCUT2D eigenvalue weighted by atomic mass is 9.89. The molecule has 1 fully saturated rings. The highest BCUT2D eigenvalue weighted by molar-refractivity contribution is 7.98. The predicted octanol–water partition coefficient (Wildman–Crippen LogP) is 6.14. The third-order valence-corrected chi connectivity index (χ3v) is 7.57. The van der Waals surface area contributed by atoms with Gasteiger partial charge in [0.1, 0.15) is 5.82 Å². The van der Waals surface area contributed by atoms with E-state index in [-0.39, 0.29) is 5.91 Å². The maximum absolute atomic E-state index is 12.7. The molecule has 5 rings (SSSR count). The topological polar surface area (TPSA) is 59.3 Å². The molecule has 1 amide bonds. The molecule has 3 aromatic rings. The Kier molecular flexibility index (Phi) is 6.70. The highest BCUT2D eigenvalue weighted by Gasteiger charge is 2.23. The summed E-state index contributed by atoms with van der Waals surface area (Å²) in [6.07, 6.45) is 7.91. The number of anilines is 2. The Morgan fingerprint density at radius 2 is 1.85 bits per heavy atom. The first kappa shape index (κ1) is 22.7. The highest BCUT2D eigenvalue weighted by atomic mass is 32.2. The van der Waals surface area contributed by atoms with Crippen LogP contribution in [0.15, 0.2) is 65.7 Å². The van der Waals surface area contributed by atoms with Gasteiger partial charge in [0, 0.05) is 22.3 Å². The van der Waals surface area contributed by atoms with Gasteiger partial charge in [-0.3, -0.25) is 4.79 Å². The van der Waals surface area contributed by atoms with Crippen molar-refractivity contribution in [2.24, 2.45) is 0 Å². The van der Waals surface area contributed by atoms with Crippen LogP contribution in [0.2, 0.25) is 0 Å². The van der Waals surface area contributed by atoms with Gasteiger partial charge in [-0.05, 0) is 86.1 Å². The minimum absolute atomic E-state index is 0.267. The number of thioether (sulfide) groups is 1. The molecule has 0 aliphatic carbocycles. The molecular formula is C28H29N4OS. The summed E-state index contributed by atoms with van der Waals surface area (Å²) >= 11 is 1.69. The number of carbonyl (C=O) groups is 1. The van der Waals surface area contributed by atoms with Crippen LogP contribution in [0.5, 0.6) is 0 Å². The fourth-order valence-electron chi connectivity index (χ4n) is 4.81. The van der Waals surface area contributed by atoms with E-state index in [0.29, 0.717) is 17.3 Å². The van der Waals surface area contributed by atoms with E-state index >= 15 is 0 Å². The summed E-state index contributed by atoms with van der Waals surface area (Å²) in [7, 11) is 0. The van der Waals surface area contributed by atoms with E-state index in [0.717, 1.165) is 33.9 Å². The van der Waals surface area contributed by atoms with Crippen LogP contribution in [-0.4, -0.2) is 41.7 Å². The van der Waals surface area contributed by atoms with E-state index in [1.54, 1.807) is 18.0 Å². The second-order valence-electron chi connectivity index (χ2n) is 8.73. The van der Waals surface area contributed by atoms with Gasteiger partial charge in [-0.2, -0.15) is 0 Å². The van der Waals surface area contributed by atoms with Crippen LogP contribution in [0.4, 0.5) is 11.5 Å². The minimum Gasteiger partial charge on any atom is -0.340 e. The van der Waals surface area contributed by atoms with Crippen molar-refractivity contribution in [2.45, 2.75) is 30.6 Å². The normalized spacial score (nSPS) is 16.2. The standard InChI is InChI=1S/C28H29N4OS/c1-3-32-16-13-20(14-17-32)19-8-10-22(11-9-19)30-27-26-21(12-15-29-28(26)33)18-24(31-27)23-6-4-5-7-25(23)34-2/h4-12,15,18,20H,3,13-14,16-17H2,1-2H3,(H,30,31). The van der Waals surface area contributed by atoms with Crippen molar-refractivity contribution in [1.29, 1.82) is 0 Å². The predicted molar refractivity (Wildman–Crippen MR) is 141 cm³/mol. The average Bonchev–Trinajstić information content (AvgIpc) is 2.89. The molecule has 2 aliphatic heterocycles. The Morgan fingerprint density at radius 3 is 2.59 bits per heavy atom. The molecule has 2 aliphatic rings. The van der Waals surface area contributed by atoms with Crippen LogP contribution in [-0.2, 0) is 0 Å². The Bertz CT molecular complexity index is 1210. The Balaban J connectivity index is 1.45. The molecule has 0 atom stereocenters. The molecule has 5 nitrogen and oxygen atoms in total. The lowest BCUT2D eigenvalue weighted by Crippen LogP contribution is -2.32. The maximum atomic E-state index is 12.7. The number of nitrogens with zero attached hydrogens (tertiary/aromatic N) is 3. The van der Waals surface area contributed by atoms with E-state index in [1.807, 2.05) is 24.3 Å². The van der Waals surface area contributed by atoms with Crippen molar-refractivity contribution in [3.05, 3.63) is 77.5 Å². The number of piperidine rings is 1. The number of hydrogen-bond donors (Lipinski definition) is 1. The number of carbonyl (C=O) groups excluding carboxylic acids is 1. The lowest BCUT2D eigenvalue weighted by Gasteiger charge is -2.31. The van der Waals surface area contributed by atoms with Crippen LogP contribution in [0.25, 0.3) is 17.3 Å². The van der Waals surface area contributed by atoms with Gasteiger partial charge in [0.25, 0.3) is 5.91 Å². The number of pyridine rings is 1. The molecule has 1 radical (unpaired) electrons. The van der Waals surface area contributed by atoms with Gasteiger partial charge in [-0.25, -0.2) is 10.3 Å². The van der Waals surface area contributed by atoms with Gasteiger partial charge in [0.15, 0.2) is 0 Å². The molecule has 173 valence electrons. The first-order valence-electron chi connectivity index (χ1n) is 11.9. The van der Waals surface area contributed by atoms with Gasteiger partial charge in [0.05, 0.1) is 11.3 Å². The zero-order chi connectivity index (χ0) is 23.5. The molecule has 2 aromatic carbocycles. The van der Waals surface area contributed by atoms with Crippen molar-refractivity contribution in [3.8, 4) is 11.3 Å². The quantitative estimate of drug-likeness (QED) is 0.439. The molecule has 6 heteroatoms. The third kappa shape index (κ3) is 4.61. The number of fused-ring (bicyclic) bond motifs is 1. The van der Waals surface area contributed by atoms with E-state index in [9.17, 15) is 4.79 Å². The number of aromatic nitrogens is 1. The Hall–Kier alpha value is -3.09. The first-order chi connectivity index (χ1) is 16.7.